The molecule has 3 saturated heterocycles. The van der Waals surface area contributed by atoms with Crippen LogP contribution in [0.4, 0.5) is 0 Å². The number of amides is 5. The molecule has 7 atom stereocenters. The summed E-state index contributed by atoms with van der Waals surface area (Å²) in [5.74, 6) is -0.650. The highest BCUT2D eigenvalue weighted by molar-refractivity contribution is 6.30. The van der Waals surface area contributed by atoms with Crippen molar-refractivity contribution in [3.63, 3.8) is 0 Å². The number of ether oxygens (including phenoxy) is 3. The molecule has 1 spiro atoms. The van der Waals surface area contributed by atoms with Gasteiger partial charge < -0.3 is 39.5 Å². The highest BCUT2D eigenvalue weighted by atomic mass is 35.5. The third kappa shape index (κ3) is 13.2. The summed E-state index contributed by atoms with van der Waals surface area (Å²) in [6, 6.07) is 27.1. The van der Waals surface area contributed by atoms with E-state index in [4.69, 9.17) is 30.8 Å². The average molecular weight is 1080 g/mol. The molecule has 4 fully saturated rings. The zero-order valence-electron chi connectivity index (χ0n) is 46.0. The molecule has 4 aromatic carbocycles. The van der Waals surface area contributed by atoms with Crippen LogP contribution in [0.1, 0.15) is 86.2 Å². The first-order valence-electron chi connectivity index (χ1n) is 27.6. The second-order valence-corrected chi connectivity index (χ2v) is 22.7. The zero-order valence-corrected chi connectivity index (χ0v) is 46.8. The minimum Gasteiger partial charge on any atom is -0.457 e. The fourth-order valence-electron chi connectivity index (χ4n) is 11.9. The highest BCUT2D eigenvalue weighted by Crippen LogP contribution is 2.38. The van der Waals surface area contributed by atoms with Crippen LogP contribution < -0.4 is 15.4 Å². The highest BCUT2D eigenvalue weighted by Gasteiger charge is 2.50. The minimum atomic E-state index is -1.17. The smallest absolute Gasteiger partial charge is 0.308 e. The van der Waals surface area contributed by atoms with Gasteiger partial charge >= 0.3 is 5.84 Å². The number of aryl methyl sites for hydroxylation is 1. The van der Waals surface area contributed by atoms with Crippen molar-refractivity contribution in [2.24, 2.45) is 16.3 Å². The van der Waals surface area contributed by atoms with Crippen LogP contribution in [-0.4, -0.2) is 164 Å². The van der Waals surface area contributed by atoms with Gasteiger partial charge in [0.05, 0.1) is 45.4 Å². The number of nitrogens with one attached hydrogen (secondary N) is 2. The van der Waals surface area contributed by atoms with Crippen molar-refractivity contribution >= 4 is 53.2 Å². The Balaban J connectivity index is 1.02. The van der Waals surface area contributed by atoms with Gasteiger partial charge in [-0.2, -0.15) is 0 Å². The largest absolute Gasteiger partial charge is 0.457 e. The molecular formula is C61H76ClN8O8+. The molecule has 5 amide bonds. The first-order chi connectivity index (χ1) is 37.6. The Morgan fingerprint density at radius 2 is 1.51 bits per heavy atom. The number of carbonyl (C=O) groups is 5. The van der Waals surface area contributed by atoms with Gasteiger partial charge in [0.15, 0.2) is 12.3 Å². The van der Waals surface area contributed by atoms with Crippen molar-refractivity contribution in [2.75, 3.05) is 67.7 Å². The summed E-state index contributed by atoms with van der Waals surface area (Å²) in [7, 11) is 6.93. The predicted molar refractivity (Wildman–Crippen MR) is 300 cm³/mol. The van der Waals surface area contributed by atoms with Gasteiger partial charge in [-0.25, -0.2) is 4.58 Å². The summed E-state index contributed by atoms with van der Waals surface area (Å²) >= 11 is 6.26. The lowest BCUT2D eigenvalue weighted by molar-refractivity contribution is -0.522. The van der Waals surface area contributed by atoms with E-state index < -0.39 is 41.8 Å². The van der Waals surface area contributed by atoms with Crippen LogP contribution in [0, 0.1) is 11.3 Å². The van der Waals surface area contributed by atoms with Gasteiger partial charge in [0.2, 0.25) is 29.5 Å². The molecule has 4 heterocycles. The molecule has 0 aromatic heterocycles. The number of amidine groups is 1. The van der Waals surface area contributed by atoms with Gasteiger partial charge in [0.1, 0.15) is 30.1 Å². The Morgan fingerprint density at radius 3 is 2.21 bits per heavy atom. The van der Waals surface area contributed by atoms with E-state index in [9.17, 15) is 14.4 Å². The van der Waals surface area contributed by atoms with Crippen molar-refractivity contribution < 1.29 is 42.8 Å². The third-order valence-electron chi connectivity index (χ3n) is 16.7. The number of hydrogen-bond donors (Lipinski definition) is 2. The molecule has 0 radical (unpaired) electrons. The molecule has 78 heavy (non-hydrogen) atoms. The number of likely N-dealkylation sites (tertiary alicyclic amines) is 1. The van der Waals surface area contributed by atoms with Crippen molar-refractivity contribution in [2.45, 2.75) is 114 Å². The Kier molecular flexibility index (Phi) is 18.1. The van der Waals surface area contributed by atoms with Crippen LogP contribution in [0.3, 0.4) is 0 Å². The van der Waals surface area contributed by atoms with E-state index in [1.54, 1.807) is 38.1 Å². The van der Waals surface area contributed by atoms with Crippen LogP contribution in [0.25, 0.3) is 0 Å². The normalized spacial score (nSPS) is 25.5. The molecule has 16 nitrogen and oxygen atoms in total. The van der Waals surface area contributed by atoms with Crippen LogP contribution in [0.2, 0.25) is 5.02 Å². The van der Waals surface area contributed by atoms with Gasteiger partial charge in [0.25, 0.3) is 0 Å². The summed E-state index contributed by atoms with van der Waals surface area (Å²) in [6.45, 7) is 8.02. The maximum atomic E-state index is 15.4. The number of carbonyl (C=O) groups excluding carboxylic acids is 5. The molecule has 4 aliphatic heterocycles. The quantitative estimate of drug-likeness (QED) is 0.132. The summed E-state index contributed by atoms with van der Waals surface area (Å²) < 4.78 is 20.0. The fraction of sp³-hybridized carbons (Fsp3) is 0.492. The van der Waals surface area contributed by atoms with Gasteiger partial charge in [-0.15, -0.1) is 0 Å². The lowest BCUT2D eigenvalue weighted by atomic mass is 9.78. The minimum absolute atomic E-state index is 0.0309. The van der Waals surface area contributed by atoms with E-state index in [1.807, 2.05) is 91.1 Å². The Hall–Kier alpha value is -6.46. The molecule has 1 aliphatic carbocycles. The van der Waals surface area contributed by atoms with Crippen molar-refractivity contribution in [3.05, 3.63) is 130 Å². The molecule has 2 N–H and O–H groups in total. The van der Waals surface area contributed by atoms with Gasteiger partial charge in [-0.1, -0.05) is 103 Å². The predicted octanol–water partition coefficient (Wildman–Crippen LogP) is 6.65. The number of rotatable bonds is 14. The summed E-state index contributed by atoms with van der Waals surface area (Å²) in [5.41, 5.74) is 4.80. The lowest BCUT2D eigenvalue weighted by Crippen LogP contribution is -2.66. The zero-order chi connectivity index (χ0) is 55.1. The molecule has 9 rings (SSSR count). The van der Waals surface area contributed by atoms with Crippen molar-refractivity contribution in [1.29, 1.82) is 0 Å². The first kappa shape index (κ1) is 56.3. The van der Waals surface area contributed by atoms with Crippen LogP contribution in [0.15, 0.2) is 102 Å². The summed E-state index contributed by atoms with van der Waals surface area (Å²) in [4.78, 5) is 86.3. The Bertz CT molecular complexity index is 2850. The standard InChI is InChI=1S/C61H75ClN8O8/c1-7-41-17-20-45(54(29-41)78-49-25-21-44(22-26-49)53-32-63-55(67(53)4)34-69-36-61(37-69)38-77-39-61)33-70-40(2)58(73)65-51(35-76-6)60(75)66(3)48(28-43-18-23-47(62)24-19-43)31-56(71)64-50-15-11-12-16-52(50)68(5)59(74)46(30-57(70)72)27-42-13-9-8-10-14-42/h8-10,13-14,17-26,29,32,40,46,48,50-53H,7,11-12,15-16,27-28,30-31,33-39H2,1-6H3,(H-,64,65,71,73)/p+1/t40-,46+,48-,50-,51-,52-,53?/m0/s1. The number of hydrogen-bond acceptors (Lipinski definition) is 10. The Morgan fingerprint density at radius 1 is 0.808 bits per heavy atom. The summed E-state index contributed by atoms with van der Waals surface area (Å²) in [5, 5.41) is 6.76. The molecule has 1 saturated carbocycles. The third-order valence-corrected chi connectivity index (χ3v) is 16.9. The van der Waals surface area contributed by atoms with E-state index in [-0.39, 0.29) is 62.4 Å². The van der Waals surface area contributed by atoms with Gasteiger partial charge in [0, 0.05) is 80.8 Å². The van der Waals surface area contributed by atoms with Crippen LogP contribution in [-0.2, 0) is 59.3 Å². The molecular weight excluding hydrogens is 1010 g/mol. The number of aliphatic imine (C=N–C) groups is 1. The lowest BCUT2D eigenvalue weighted by Gasteiger charge is -2.54. The topological polar surface area (TPSA) is 165 Å². The van der Waals surface area contributed by atoms with Gasteiger partial charge in [-0.3, -0.25) is 28.9 Å². The maximum absolute atomic E-state index is 15.4. The van der Waals surface area contributed by atoms with E-state index in [2.05, 4.69) is 34.1 Å². The number of likely N-dealkylation sites (N-methyl/N-ethyl adjacent to an activating group) is 2. The molecule has 5 aliphatic rings. The van der Waals surface area contributed by atoms with E-state index in [0.717, 1.165) is 80.2 Å². The molecule has 0 bridgehead atoms. The van der Waals surface area contributed by atoms with Gasteiger partial charge in [-0.05, 0) is 86.1 Å². The molecule has 1 unspecified atom stereocenters. The van der Waals surface area contributed by atoms with E-state index in [0.29, 0.717) is 46.8 Å². The first-order valence-corrected chi connectivity index (χ1v) is 28.0. The fourth-order valence-corrected chi connectivity index (χ4v) is 12.0. The van der Waals surface area contributed by atoms with E-state index >= 15 is 9.59 Å². The van der Waals surface area contributed by atoms with E-state index in [1.165, 1.54) is 16.9 Å². The molecule has 4 aromatic rings. The average Bonchev–Trinajstić information content (AvgIpc) is 3.84. The maximum Gasteiger partial charge on any atom is 0.308 e. The summed E-state index contributed by atoms with van der Waals surface area (Å²) in [6.07, 6.45) is 6.10. The number of benzene rings is 4. The Labute approximate surface area is 464 Å². The molecule has 17 heteroatoms. The number of methoxy groups -OCH3 is 1. The second-order valence-electron chi connectivity index (χ2n) is 22.3. The number of halogens is 1. The number of nitrogens with zero attached hydrogens (tertiary/aromatic N) is 6. The van der Waals surface area contributed by atoms with Crippen LogP contribution >= 0.6 is 11.6 Å². The van der Waals surface area contributed by atoms with Crippen molar-refractivity contribution in [3.8, 4) is 11.5 Å². The molecule has 414 valence electrons. The van der Waals surface area contributed by atoms with Crippen molar-refractivity contribution in [1.82, 2.24) is 30.2 Å². The monoisotopic (exact) mass is 1080 g/mol. The number of fused-ring (bicyclic) bond motifs is 1. The van der Waals surface area contributed by atoms with Crippen LogP contribution in [0.5, 0.6) is 11.5 Å². The second kappa shape index (κ2) is 25.1. The SMILES string of the molecule is CCc1ccc(CN2C(=O)C[C@@H](Cc3ccccc3)C(=O)N(C)[C@H]3CCCC[C@@H]3NC(=O)C[C@H](Cc3ccc(Cl)cc3)N(C)C(=O)[C@H](COC)NC(=O)[C@@H]2C)c(Oc2ccc(C3C=NC(CN4CC5(COC5)C4)=[N+]3C)cc2)c1.